The van der Waals surface area contributed by atoms with Gasteiger partial charge in [0.15, 0.2) is 0 Å². The van der Waals surface area contributed by atoms with Gasteiger partial charge in [0, 0.05) is 37.4 Å². The molecule has 2 amide bonds. The Kier molecular flexibility index (Phi) is 5.26. The lowest BCUT2D eigenvalue weighted by atomic mass is 10.1. The highest BCUT2D eigenvalue weighted by Crippen LogP contribution is 2.16. The van der Waals surface area contributed by atoms with Crippen molar-refractivity contribution in [3.05, 3.63) is 29.8 Å². The number of rotatable bonds is 2. The first kappa shape index (κ1) is 17.3. The number of carbonyl (C=O) groups is 2. The van der Waals surface area contributed by atoms with E-state index in [4.69, 9.17) is 4.74 Å². The Labute approximate surface area is 137 Å². The molecule has 0 spiro atoms. The van der Waals surface area contributed by atoms with Crippen molar-refractivity contribution >= 4 is 17.7 Å². The number of nitrogens with one attached hydrogen (secondary N) is 1. The van der Waals surface area contributed by atoms with Crippen molar-refractivity contribution in [1.82, 2.24) is 9.80 Å². The Morgan fingerprint density at radius 2 is 1.78 bits per heavy atom. The monoisotopic (exact) mass is 319 g/mol. The molecule has 6 nitrogen and oxygen atoms in total. The molecule has 0 unspecified atom stereocenters. The molecular formula is C17H25N3O3. The number of hydrogen-bond donors (Lipinski definition) is 1. The van der Waals surface area contributed by atoms with E-state index in [9.17, 15) is 9.59 Å². The first-order valence-corrected chi connectivity index (χ1v) is 7.82. The van der Waals surface area contributed by atoms with Crippen LogP contribution in [0.25, 0.3) is 0 Å². The molecule has 0 aromatic heterocycles. The van der Waals surface area contributed by atoms with Gasteiger partial charge in [-0.2, -0.15) is 0 Å². The molecule has 23 heavy (non-hydrogen) atoms. The van der Waals surface area contributed by atoms with Crippen LogP contribution in [0, 0.1) is 0 Å². The minimum Gasteiger partial charge on any atom is -0.444 e. The minimum absolute atomic E-state index is 0.00839. The molecule has 2 rings (SSSR count). The van der Waals surface area contributed by atoms with E-state index in [0.29, 0.717) is 11.3 Å². The summed E-state index contributed by atoms with van der Waals surface area (Å²) in [5.74, 6) is -0.00839. The second kappa shape index (κ2) is 7.00. The zero-order valence-corrected chi connectivity index (χ0v) is 14.3. The number of benzene rings is 1. The number of likely N-dealkylation sites (N-methyl/N-ethyl adjacent to an activating group) is 1. The number of nitrogens with zero attached hydrogens (tertiary/aromatic N) is 2. The molecule has 1 N–H and O–H groups in total. The van der Waals surface area contributed by atoms with Gasteiger partial charge >= 0.3 is 6.09 Å². The largest absolute Gasteiger partial charge is 0.444 e. The maximum atomic E-state index is 12.5. The van der Waals surface area contributed by atoms with Gasteiger partial charge < -0.3 is 14.5 Å². The van der Waals surface area contributed by atoms with Crippen LogP contribution in [-0.4, -0.2) is 60.6 Å². The maximum absolute atomic E-state index is 12.5. The summed E-state index contributed by atoms with van der Waals surface area (Å²) in [7, 11) is 2.05. The average Bonchev–Trinajstić information content (AvgIpc) is 2.45. The van der Waals surface area contributed by atoms with Gasteiger partial charge in [-0.1, -0.05) is 6.07 Å². The van der Waals surface area contributed by atoms with Crippen molar-refractivity contribution in [3.8, 4) is 0 Å². The molecule has 1 fully saturated rings. The van der Waals surface area contributed by atoms with E-state index < -0.39 is 11.7 Å². The number of amides is 2. The first-order chi connectivity index (χ1) is 10.7. The van der Waals surface area contributed by atoms with Crippen molar-refractivity contribution in [2.75, 3.05) is 38.5 Å². The summed E-state index contributed by atoms with van der Waals surface area (Å²) in [6.07, 6.45) is -0.526. The number of piperazine rings is 1. The van der Waals surface area contributed by atoms with Crippen LogP contribution in [0.15, 0.2) is 24.3 Å². The Morgan fingerprint density at radius 3 is 2.39 bits per heavy atom. The van der Waals surface area contributed by atoms with Gasteiger partial charge in [0.1, 0.15) is 5.60 Å². The van der Waals surface area contributed by atoms with Crippen LogP contribution in [0.2, 0.25) is 0 Å². The molecule has 1 aliphatic heterocycles. The van der Waals surface area contributed by atoms with Crippen LogP contribution in [0.1, 0.15) is 31.1 Å². The zero-order chi connectivity index (χ0) is 17.0. The molecule has 0 atom stereocenters. The quantitative estimate of drug-likeness (QED) is 0.909. The van der Waals surface area contributed by atoms with Crippen molar-refractivity contribution < 1.29 is 14.3 Å². The van der Waals surface area contributed by atoms with E-state index >= 15 is 0 Å². The lowest BCUT2D eigenvalue weighted by Gasteiger charge is -2.32. The predicted molar refractivity (Wildman–Crippen MR) is 89.7 cm³/mol. The van der Waals surface area contributed by atoms with Gasteiger partial charge in [-0.15, -0.1) is 0 Å². The summed E-state index contributed by atoms with van der Waals surface area (Å²) < 4.78 is 5.22. The Bertz CT molecular complexity index is 573. The molecule has 1 aromatic carbocycles. The van der Waals surface area contributed by atoms with Gasteiger partial charge in [0.05, 0.1) is 0 Å². The summed E-state index contributed by atoms with van der Waals surface area (Å²) in [6.45, 7) is 8.61. The molecule has 0 saturated carbocycles. The summed E-state index contributed by atoms with van der Waals surface area (Å²) in [6, 6.07) is 6.95. The molecule has 1 saturated heterocycles. The Morgan fingerprint density at radius 1 is 1.13 bits per heavy atom. The smallest absolute Gasteiger partial charge is 0.412 e. The fourth-order valence-corrected chi connectivity index (χ4v) is 2.34. The van der Waals surface area contributed by atoms with E-state index in [0.717, 1.165) is 26.2 Å². The topological polar surface area (TPSA) is 61.9 Å². The molecule has 1 heterocycles. The molecule has 0 bridgehead atoms. The average molecular weight is 319 g/mol. The third kappa shape index (κ3) is 5.25. The fraction of sp³-hybridized carbons (Fsp3) is 0.529. The third-order valence-corrected chi connectivity index (χ3v) is 3.55. The van der Waals surface area contributed by atoms with Crippen molar-refractivity contribution in [3.63, 3.8) is 0 Å². The number of hydrogen-bond acceptors (Lipinski definition) is 4. The van der Waals surface area contributed by atoms with Gasteiger partial charge in [-0.3, -0.25) is 10.1 Å². The van der Waals surface area contributed by atoms with Crippen LogP contribution in [-0.2, 0) is 4.74 Å². The Balaban J connectivity index is 2.02. The standard InChI is InChI=1S/C17H25N3O3/c1-17(2,3)23-16(22)18-14-7-5-6-13(12-14)15(21)20-10-8-19(4)9-11-20/h5-7,12H,8-11H2,1-4H3,(H,18,22). The van der Waals surface area contributed by atoms with Crippen LogP contribution >= 0.6 is 0 Å². The van der Waals surface area contributed by atoms with E-state index in [1.54, 1.807) is 45.0 Å². The van der Waals surface area contributed by atoms with E-state index in [2.05, 4.69) is 10.2 Å². The molecule has 0 aliphatic carbocycles. The van der Waals surface area contributed by atoms with E-state index in [1.807, 2.05) is 11.9 Å². The lowest BCUT2D eigenvalue weighted by Crippen LogP contribution is -2.47. The zero-order valence-electron chi connectivity index (χ0n) is 14.3. The van der Waals surface area contributed by atoms with E-state index in [-0.39, 0.29) is 5.91 Å². The highest BCUT2D eigenvalue weighted by molar-refractivity contribution is 5.96. The molecule has 126 valence electrons. The summed E-state index contributed by atoms with van der Waals surface area (Å²) in [4.78, 5) is 28.4. The van der Waals surface area contributed by atoms with Crippen molar-refractivity contribution in [2.45, 2.75) is 26.4 Å². The number of anilines is 1. The second-order valence-corrected chi connectivity index (χ2v) is 6.80. The SMILES string of the molecule is CN1CCN(C(=O)c2cccc(NC(=O)OC(C)(C)C)c2)CC1. The molecular weight excluding hydrogens is 294 g/mol. The molecule has 0 radical (unpaired) electrons. The highest BCUT2D eigenvalue weighted by Gasteiger charge is 2.21. The normalized spacial score (nSPS) is 16.1. The number of carbonyl (C=O) groups excluding carboxylic acids is 2. The van der Waals surface area contributed by atoms with Gasteiger partial charge in [0.2, 0.25) is 0 Å². The Hall–Kier alpha value is -2.08. The summed E-state index contributed by atoms with van der Waals surface area (Å²) in [5, 5.41) is 2.66. The summed E-state index contributed by atoms with van der Waals surface area (Å²) >= 11 is 0. The highest BCUT2D eigenvalue weighted by atomic mass is 16.6. The van der Waals surface area contributed by atoms with E-state index in [1.165, 1.54) is 0 Å². The fourth-order valence-electron chi connectivity index (χ4n) is 2.34. The van der Waals surface area contributed by atoms with Gasteiger partial charge in [-0.25, -0.2) is 4.79 Å². The van der Waals surface area contributed by atoms with Gasteiger partial charge in [-0.05, 0) is 46.0 Å². The third-order valence-electron chi connectivity index (χ3n) is 3.55. The minimum atomic E-state index is -0.558. The van der Waals surface area contributed by atoms with Crippen LogP contribution in [0.3, 0.4) is 0 Å². The second-order valence-electron chi connectivity index (χ2n) is 6.80. The van der Waals surface area contributed by atoms with Crippen molar-refractivity contribution in [2.24, 2.45) is 0 Å². The molecule has 6 heteroatoms. The first-order valence-electron chi connectivity index (χ1n) is 7.82. The lowest BCUT2D eigenvalue weighted by molar-refractivity contribution is 0.0631. The number of ether oxygens (including phenoxy) is 1. The molecule has 1 aromatic rings. The molecule has 1 aliphatic rings. The van der Waals surface area contributed by atoms with Crippen LogP contribution in [0.5, 0.6) is 0 Å². The van der Waals surface area contributed by atoms with Crippen LogP contribution in [0.4, 0.5) is 10.5 Å². The predicted octanol–water partition coefficient (Wildman–Crippen LogP) is 2.42. The summed E-state index contributed by atoms with van der Waals surface area (Å²) in [5.41, 5.74) is 0.569. The van der Waals surface area contributed by atoms with Crippen molar-refractivity contribution in [1.29, 1.82) is 0 Å². The van der Waals surface area contributed by atoms with Gasteiger partial charge in [0.25, 0.3) is 5.91 Å². The maximum Gasteiger partial charge on any atom is 0.412 e. The van der Waals surface area contributed by atoms with Crippen LogP contribution < -0.4 is 5.32 Å².